The molecule has 1 N–H and O–H groups in total. The maximum Gasteiger partial charge on any atom is 0.273 e. The molecule has 0 atom stereocenters. The highest BCUT2D eigenvalue weighted by Gasteiger charge is 2.05. The summed E-state index contributed by atoms with van der Waals surface area (Å²) in [6.45, 7) is 4.06. The minimum Gasteiger partial charge on any atom is -0.476 e. The van der Waals surface area contributed by atoms with Crippen LogP contribution in [0.15, 0.2) is 23.8 Å². The molecule has 1 rings (SSSR count). The molecule has 76 valence electrons. The van der Waals surface area contributed by atoms with E-state index in [2.05, 4.69) is 16.5 Å². The molecule has 0 spiro atoms. The number of nitrogens with zero attached hydrogens (tertiary/aromatic N) is 1. The van der Waals surface area contributed by atoms with Crippen molar-refractivity contribution in [3.63, 3.8) is 0 Å². The van der Waals surface area contributed by atoms with Gasteiger partial charge in [-0.05, 0) is 12.8 Å². The van der Waals surface area contributed by atoms with Gasteiger partial charge in [0.2, 0.25) is 5.88 Å². The van der Waals surface area contributed by atoms with Crippen LogP contribution in [-0.4, -0.2) is 16.6 Å². The van der Waals surface area contributed by atoms with Crippen molar-refractivity contribution >= 4 is 11.6 Å². The molecule has 0 aliphatic rings. The Balaban J connectivity index is 2.54. The normalized spacial score (nSPS) is 9.79. The van der Waals surface area contributed by atoms with E-state index in [1.165, 1.54) is 6.33 Å². The zero-order chi connectivity index (χ0) is 10.4. The fraction of sp³-hybridized carbons (Fsp3) is 0.333. The SMILES string of the molecule is C=CCCCOc1nc[nH]c(=O)c1Cl. The van der Waals surface area contributed by atoms with Gasteiger partial charge >= 0.3 is 0 Å². The van der Waals surface area contributed by atoms with Crippen LogP contribution in [0.3, 0.4) is 0 Å². The topological polar surface area (TPSA) is 55.0 Å². The Morgan fingerprint density at radius 1 is 1.71 bits per heavy atom. The molecule has 0 aromatic carbocycles. The number of aromatic amines is 1. The first-order valence-electron chi connectivity index (χ1n) is 4.22. The molecular formula is C9H11ClN2O2. The third kappa shape index (κ3) is 2.88. The van der Waals surface area contributed by atoms with Gasteiger partial charge in [0.25, 0.3) is 5.56 Å². The van der Waals surface area contributed by atoms with Crippen LogP contribution in [0.5, 0.6) is 5.88 Å². The van der Waals surface area contributed by atoms with Crippen molar-refractivity contribution in [3.8, 4) is 5.88 Å². The molecule has 0 saturated carbocycles. The fourth-order valence-corrected chi connectivity index (χ4v) is 1.02. The zero-order valence-corrected chi connectivity index (χ0v) is 8.38. The molecule has 0 amide bonds. The average Bonchev–Trinajstić information content (AvgIpc) is 2.19. The number of hydrogen-bond donors (Lipinski definition) is 1. The van der Waals surface area contributed by atoms with E-state index in [0.717, 1.165) is 12.8 Å². The monoisotopic (exact) mass is 214 g/mol. The molecule has 14 heavy (non-hydrogen) atoms. The molecule has 0 fully saturated rings. The van der Waals surface area contributed by atoms with Gasteiger partial charge < -0.3 is 9.72 Å². The summed E-state index contributed by atoms with van der Waals surface area (Å²) in [5, 5.41) is -0.00824. The van der Waals surface area contributed by atoms with Gasteiger partial charge in [-0.3, -0.25) is 4.79 Å². The molecule has 0 unspecified atom stereocenters. The maximum absolute atomic E-state index is 11.0. The Morgan fingerprint density at radius 3 is 3.21 bits per heavy atom. The van der Waals surface area contributed by atoms with Crippen LogP contribution in [0.25, 0.3) is 0 Å². The van der Waals surface area contributed by atoms with Crippen molar-refractivity contribution < 1.29 is 4.74 Å². The first kappa shape index (κ1) is 10.8. The fourth-order valence-electron chi connectivity index (χ4n) is 0.864. The second kappa shape index (κ2) is 5.44. The van der Waals surface area contributed by atoms with Gasteiger partial charge in [0, 0.05) is 0 Å². The van der Waals surface area contributed by atoms with Crippen LogP contribution in [0.1, 0.15) is 12.8 Å². The van der Waals surface area contributed by atoms with Gasteiger partial charge in [-0.15, -0.1) is 6.58 Å². The van der Waals surface area contributed by atoms with Crippen LogP contribution in [0, 0.1) is 0 Å². The highest BCUT2D eigenvalue weighted by Crippen LogP contribution is 2.15. The Hall–Kier alpha value is -1.29. The molecule has 0 saturated heterocycles. The molecule has 1 heterocycles. The number of unbranched alkanes of at least 4 members (excludes halogenated alkanes) is 1. The second-order valence-corrected chi connectivity index (χ2v) is 3.01. The first-order valence-corrected chi connectivity index (χ1v) is 4.60. The van der Waals surface area contributed by atoms with Crippen molar-refractivity contribution in [2.45, 2.75) is 12.8 Å². The molecule has 0 aliphatic heterocycles. The van der Waals surface area contributed by atoms with Crippen LogP contribution >= 0.6 is 11.6 Å². The van der Waals surface area contributed by atoms with Crippen molar-refractivity contribution in [3.05, 3.63) is 34.4 Å². The van der Waals surface area contributed by atoms with E-state index in [-0.39, 0.29) is 16.5 Å². The van der Waals surface area contributed by atoms with Gasteiger partial charge in [0.1, 0.15) is 0 Å². The number of halogens is 1. The molecule has 5 heteroatoms. The van der Waals surface area contributed by atoms with E-state index in [4.69, 9.17) is 16.3 Å². The van der Waals surface area contributed by atoms with Crippen molar-refractivity contribution in [2.75, 3.05) is 6.61 Å². The molecule has 0 aliphatic carbocycles. The summed E-state index contributed by atoms with van der Waals surface area (Å²) in [6, 6.07) is 0. The van der Waals surface area contributed by atoms with Crippen LogP contribution in [-0.2, 0) is 0 Å². The van der Waals surface area contributed by atoms with Crippen molar-refractivity contribution in [1.82, 2.24) is 9.97 Å². The number of allylic oxidation sites excluding steroid dienone is 1. The van der Waals surface area contributed by atoms with Crippen LogP contribution in [0.4, 0.5) is 0 Å². The van der Waals surface area contributed by atoms with E-state index in [9.17, 15) is 4.79 Å². The summed E-state index contributed by atoms with van der Waals surface area (Å²) < 4.78 is 5.21. The number of nitrogens with one attached hydrogen (secondary N) is 1. The van der Waals surface area contributed by atoms with Gasteiger partial charge in [-0.25, -0.2) is 4.98 Å². The molecule has 1 aromatic heterocycles. The van der Waals surface area contributed by atoms with Gasteiger partial charge in [-0.2, -0.15) is 0 Å². The lowest BCUT2D eigenvalue weighted by atomic mass is 10.3. The predicted molar refractivity (Wildman–Crippen MR) is 54.8 cm³/mol. The maximum atomic E-state index is 11.0. The van der Waals surface area contributed by atoms with Crippen LogP contribution < -0.4 is 10.3 Å². The highest BCUT2D eigenvalue weighted by atomic mass is 35.5. The summed E-state index contributed by atoms with van der Waals surface area (Å²) in [4.78, 5) is 17.2. The molecular weight excluding hydrogens is 204 g/mol. The standard InChI is InChI=1S/C9H11ClN2O2/c1-2-3-4-5-14-9-7(10)8(13)11-6-12-9/h2,6H,1,3-5H2,(H,11,12,13). The zero-order valence-electron chi connectivity index (χ0n) is 7.62. The highest BCUT2D eigenvalue weighted by molar-refractivity contribution is 6.31. The number of aromatic nitrogens is 2. The Labute approximate surface area is 86.6 Å². The minimum atomic E-state index is -0.389. The molecule has 1 aromatic rings. The number of rotatable bonds is 5. The second-order valence-electron chi connectivity index (χ2n) is 2.63. The van der Waals surface area contributed by atoms with Crippen molar-refractivity contribution in [1.29, 1.82) is 0 Å². The van der Waals surface area contributed by atoms with Gasteiger partial charge in [0.15, 0.2) is 5.02 Å². The summed E-state index contributed by atoms with van der Waals surface area (Å²) in [7, 11) is 0. The molecule has 0 bridgehead atoms. The number of ether oxygens (including phenoxy) is 1. The van der Waals surface area contributed by atoms with Gasteiger partial charge in [0.05, 0.1) is 12.9 Å². The summed E-state index contributed by atoms with van der Waals surface area (Å²) in [6.07, 6.45) is 4.75. The largest absolute Gasteiger partial charge is 0.476 e. The van der Waals surface area contributed by atoms with E-state index in [1.54, 1.807) is 6.08 Å². The third-order valence-electron chi connectivity index (χ3n) is 1.56. The Kier molecular flexibility index (Phi) is 4.19. The Morgan fingerprint density at radius 2 is 2.50 bits per heavy atom. The van der Waals surface area contributed by atoms with E-state index < -0.39 is 0 Å². The van der Waals surface area contributed by atoms with Crippen LogP contribution in [0.2, 0.25) is 5.02 Å². The van der Waals surface area contributed by atoms with E-state index in [0.29, 0.717) is 6.61 Å². The lowest BCUT2D eigenvalue weighted by Gasteiger charge is -2.04. The van der Waals surface area contributed by atoms with Gasteiger partial charge in [-0.1, -0.05) is 17.7 Å². The minimum absolute atomic E-state index is 0.00824. The average molecular weight is 215 g/mol. The lowest BCUT2D eigenvalue weighted by molar-refractivity contribution is 0.299. The number of hydrogen-bond acceptors (Lipinski definition) is 3. The summed E-state index contributed by atoms with van der Waals surface area (Å²) in [5.41, 5.74) is -0.389. The third-order valence-corrected chi connectivity index (χ3v) is 1.89. The quantitative estimate of drug-likeness (QED) is 0.600. The molecule has 0 radical (unpaired) electrons. The Bertz CT molecular complexity index is 362. The smallest absolute Gasteiger partial charge is 0.273 e. The lowest BCUT2D eigenvalue weighted by Crippen LogP contribution is -2.10. The van der Waals surface area contributed by atoms with E-state index in [1.807, 2.05) is 0 Å². The summed E-state index contributed by atoms with van der Waals surface area (Å²) in [5.74, 6) is 0.180. The van der Waals surface area contributed by atoms with E-state index >= 15 is 0 Å². The predicted octanol–water partition coefficient (Wildman–Crippen LogP) is 1.77. The number of H-pyrrole nitrogens is 1. The van der Waals surface area contributed by atoms with Crippen molar-refractivity contribution in [2.24, 2.45) is 0 Å². The summed E-state index contributed by atoms with van der Waals surface area (Å²) >= 11 is 5.65. The molecule has 4 nitrogen and oxygen atoms in total. The first-order chi connectivity index (χ1) is 6.75.